The van der Waals surface area contributed by atoms with Crippen LogP contribution in [0.25, 0.3) is 10.8 Å². The van der Waals surface area contributed by atoms with Gasteiger partial charge in [-0.25, -0.2) is 10.2 Å². The first-order valence-corrected chi connectivity index (χ1v) is 14.1. The first kappa shape index (κ1) is 29.2. The van der Waals surface area contributed by atoms with Gasteiger partial charge in [-0.15, -0.1) is 0 Å². The molecule has 14 heteroatoms. The number of hydrogen-bond donors (Lipinski definition) is 6. The van der Waals surface area contributed by atoms with E-state index in [-0.39, 0.29) is 34.9 Å². The molecule has 6 N–H and O–H groups in total. The predicted octanol–water partition coefficient (Wildman–Crippen LogP) is 2.97. The van der Waals surface area contributed by atoms with Gasteiger partial charge in [-0.2, -0.15) is 5.10 Å². The average molecular weight is 635 g/mol. The largest absolute Gasteiger partial charge is 0.507 e. The number of carbonyl (C=O) groups excluding carboxylic acids is 5. The highest BCUT2D eigenvalue weighted by Gasteiger charge is 2.61. The molecule has 1 atom stereocenters. The third kappa shape index (κ3) is 4.01. The van der Waals surface area contributed by atoms with Gasteiger partial charge in [-0.1, -0.05) is 24.3 Å². The molecular weight excluding hydrogens is 612 g/mol. The average Bonchev–Trinajstić information content (AvgIpc) is 3.53. The van der Waals surface area contributed by atoms with Crippen molar-refractivity contribution >= 4 is 51.8 Å². The second-order valence-electron chi connectivity index (χ2n) is 11.1. The second kappa shape index (κ2) is 10.2. The Morgan fingerprint density at radius 2 is 1.62 bits per heavy atom. The lowest BCUT2D eigenvalue weighted by Gasteiger charge is -2.22. The molecule has 234 valence electrons. The number of carbonyl (C=O) groups is 5. The van der Waals surface area contributed by atoms with Crippen LogP contribution in [-0.4, -0.2) is 62.8 Å². The Hall–Kier alpha value is -6.57. The van der Waals surface area contributed by atoms with E-state index in [1.54, 1.807) is 30.3 Å². The van der Waals surface area contributed by atoms with Crippen molar-refractivity contribution in [3.8, 4) is 17.2 Å². The summed E-state index contributed by atoms with van der Waals surface area (Å²) < 4.78 is 4.91. The number of ketones is 4. The Bertz CT molecular complexity index is 2290. The molecule has 1 heterocycles. The molecule has 1 aromatic heterocycles. The number of rotatable bonds is 4. The maximum atomic E-state index is 14.1. The summed E-state index contributed by atoms with van der Waals surface area (Å²) in [7, 11) is 1.12. The minimum absolute atomic E-state index is 0.0796. The number of Topliss-reactive ketones (excluding diaryl/α,β-unsaturated/α-hetero) is 3. The van der Waals surface area contributed by atoms with E-state index in [1.807, 2.05) is 0 Å². The molecule has 47 heavy (non-hydrogen) atoms. The zero-order chi connectivity index (χ0) is 33.4. The number of amides is 2. The monoisotopic (exact) mass is 634 g/mol. The van der Waals surface area contributed by atoms with Crippen molar-refractivity contribution in [1.29, 1.82) is 0 Å². The lowest BCUT2D eigenvalue weighted by Crippen LogP contribution is -2.36. The van der Waals surface area contributed by atoms with E-state index in [9.17, 15) is 44.1 Å². The molecule has 14 nitrogen and oxygen atoms in total. The molecule has 0 bridgehead atoms. The number of methoxy groups -OCH3 is 1. The van der Waals surface area contributed by atoms with E-state index < -0.39 is 85.4 Å². The number of aryl methyl sites for hydroxylation is 1. The zero-order valence-corrected chi connectivity index (χ0v) is 24.3. The van der Waals surface area contributed by atoms with E-state index >= 15 is 0 Å². The van der Waals surface area contributed by atoms with Gasteiger partial charge in [0, 0.05) is 17.3 Å². The summed E-state index contributed by atoms with van der Waals surface area (Å²) in [6.07, 6.45) is 1.86. The van der Waals surface area contributed by atoms with Crippen LogP contribution in [0.15, 0.2) is 64.2 Å². The number of nitrogens with zero attached hydrogens (tertiary/aromatic N) is 1. The second-order valence-corrected chi connectivity index (χ2v) is 11.1. The lowest BCUT2D eigenvalue weighted by atomic mass is 9.76. The van der Waals surface area contributed by atoms with Crippen LogP contribution in [0.4, 0.5) is 10.5 Å². The van der Waals surface area contributed by atoms with Crippen molar-refractivity contribution in [2.75, 3.05) is 12.4 Å². The number of fused-ring (bicyclic) bond motifs is 5. The summed E-state index contributed by atoms with van der Waals surface area (Å²) in [6, 6.07) is 11.0. The third-order valence-corrected chi connectivity index (χ3v) is 8.66. The normalized spacial score (nSPS) is 18.0. The standard InChI is InChI=1S/C33H22N4O10/c1-47-18-11-17(38)20-21(25(18)39)27(41)23-22(26(20)40)29(43)33(30(23)44)8-7-13-9-14-10-16(35-31(45)19(14)28(42)24(13)33)12-34-37-32(46)36-15-5-3-2-4-6-15/h2-6,9-12,40-42H,7-8H2,1H3,(H,35,45)(H2,36,37,46). The summed E-state index contributed by atoms with van der Waals surface area (Å²) in [5.41, 5.74) is -2.46. The molecule has 4 aromatic rings. The van der Waals surface area contributed by atoms with E-state index in [2.05, 4.69) is 20.8 Å². The van der Waals surface area contributed by atoms with Crippen LogP contribution in [0, 0.1) is 0 Å². The number of hydrogen-bond acceptors (Lipinski definition) is 11. The Labute approximate surface area is 263 Å². The van der Waals surface area contributed by atoms with Gasteiger partial charge >= 0.3 is 6.03 Å². The highest BCUT2D eigenvalue weighted by atomic mass is 16.5. The van der Waals surface area contributed by atoms with Crippen LogP contribution in [0.2, 0.25) is 0 Å². The smallest absolute Gasteiger partial charge is 0.339 e. The summed E-state index contributed by atoms with van der Waals surface area (Å²) in [6.45, 7) is 0. The van der Waals surface area contributed by atoms with Gasteiger partial charge in [0.15, 0.2) is 23.1 Å². The van der Waals surface area contributed by atoms with Gasteiger partial charge in [0.2, 0.25) is 5.78 Å². The van der Waals surface area contributed by atoms with Gasteiger partial charge in [0.25, 0.3) is 5.56 Å². The van der Waals surface area contributed by atoms with Crippen molar-refractivity contribution in [2.24, 2.45) is 5.10 Å². The predicted molar refractivity (Wildman–Crippen MR) is 165 cm³/mol. The number of urea groups is 1. The van der Waals surface area contributed by atoms with Crippen molar-refractivity contribution in [2.45, 2.75) is 18.3 Å². The number of aromatic hydroxyl groups is 3. The molecule has 3 aliphatic carbocycles. The van der Waals surface area contributed by atoms with Gasteiger partial charge in [0.1, 0.15) is 22.7 Å². The fourth-order valence-electron chi connectivity index (χ4n) is 6.67. The van der Waals surface area contributed by atoms with Gasteiger partial charge in [-0.05, 0) is 42.0 Å². The van der Waals surface area contributed by atoms with Crippen molar-refractivity contribution < 1.29 is 44.0 Å². The van der Waals surface area contributed by atoms with E-state index in [4.69, 9.17) is 4.74 Å². The Morgan fingerprint density at radius 1 is 0.936 bits per heavy atom. The molecule has 2 amide bonds. The van der Waals surface area contributed by atoms with Crippen LogP contribution in [-0.2, 0) is 16.6 Å². The Kier molecular flexibility index (Phi) is 6.35. The highest BCUT2D eigenvalue weighted by Crippen LogP contribution is 2.57. The number of anilines is 1. The molecule has 1 spiro atoms. The molecule has 1 unspecified atom stereocenters. The number of hydrazone groups is 1. The molecule has 0 aliphatic heterocycles. The molecule has 0 fully saturated rings. The number of phenols is 3. The Balaban J connectivity index is 1.28. The molecule has 3 aromatic carbocycles. The number of phenolic OH excluding ortho intramolecular Hbond substituents is 3. The number of allylic oxidation sites excluding steroid dienone is 2. The van der Waals surface area contributed by atoms with E-state index in [1.165, 1.54) is 18.3 Å². The number of aromatic amines is 1. The number of benzene rings is 3. The maximum absolute atomic E-state index is 14.1. The fraction of sp³-hybridized carbons (Fsp3) is 0.121. The number of ether oxygens (including phenoxy) is 1. The van der Waals surface area contributed by atoms with Crippen molar-refractivity contribution in [3.05, 3.63) is 104 Å². The molecular formula is C33H22N4O10. The number of aromatic nitrogens is 1. The van der Waals surface area contributed by atoms with Crippen LogP contribution < -0.4 is 16.3 Å². The Morgan fingerprint density at radius 3 is 2.30 bits per heavy atom. The molecule has 0 saturated heterocycles. The topological polar surface area (TPSA) is 225 Å². The molecule has 7 rings (SSSR count). The maximum Gasteiger partial charge on any atom is 0.339 e. The summed E-state index contributed by atoms with van der Waals surface area (Å²) in [5, 5.41) is 40.2. The lowest BCUT2D eigenvalue weighted by molar-refractivity contribution is 0.0790. The van der Waals surface area contributed by atoms with Crippen molar-refractivity contribution in [3.63, 3.8) is 0 Å². The molecule has 0 radical (unpaired) electrons. The minimum Gasteiger partial charge on any atom is -0.507 e. The number of pyridine rings is 1. The summed E-state index contributed by atoms with van der Waals surface area (Å²) in [5.74, 6) is -6.91. The summed E-state index contributed by atoms with van der Waals surface area (Å²) >= 11 is 0. The van der Waals surface area contributed by atoms with Crippen LogP contribution in [0.3, 0.4) is 0 Å². The molecule has 0 saturated carbocycles. The highest BCUT2D eigenvalue weighted by molar-refractivity contribution is 6.38. The first-order chi connectivity index (χ1) is 22.5. The van der Waals surface area contributed by atoms with Gasteiger partial charge < -0.3 is 30.4 Å². The van der Waals surface area contributed by atoms with Gasteiger partial charge in [-0.3, -0.25) is 24.0 Å². The number of nitrogens with one attached hydrogen (secondary N) is 3. The van der Waals surface area contributed by atoms with Crippen LogP contribution in [0.5, 0.6) is 17.2 Å². The SMILES string of the molecule is COC1=CC(=O)c2c(O)c3c(c(O)c2C1=O)C(=O)C1(CCc2cc4cc(C=NNC(=O)Nc5ccccc5)[nH]c(=O)c4c(O)c21)C3=O. The van der Waals surface area contributed by atoms with Crippen LogP contribution >= 0.6 is 0 Å². The van der Waals surface area contributed by atoms with E-state index in [0.717, 1.165) is 13.2 Å². The third-order valence-electron chi connectivity index (χ3n) is 8.66. The number of para-hydroxylation sites is 1. The summed E-state index contributed by atoms with van der Waals surface area (Å²) in [4.78, 5) is 81.9. The molecule has 3 aliphatic rings. The first-order valence-electron chi connectivity index (χ1n) is 14.1. The van der Waals surface area contributed by atoms with E-state index in [0.29, 0.717) is 11.3 Å². The van der Waals surface area contributed by atoms with Crippen molar-refractivity contribution in [1.82, 2.24) is 10.4 Å². The fourth-order valence-corrected chi connectivity index (χ4v) is 6.67. The quantitative estimate of drug-likeness (QED) is 0.0833. The van der Waals surface area contributed by atoms with Gasteiger partial charge in [0.05, 0.1) is 46.7 Å². The minimum atomic E-state index is -2.15. The zero-order valence-electron chi connectivity index (χ0n) is 24.3. The van der Waals surface area contributed by atoms with Crippen LogP contribution in [0.1, 0.15) is 64.7 Å². The number of H-pyrrole nitrogens is 1.